The molecule has 5 nitrogen and oxygen atoms in total. The summed E-state index contributed by atoms with van der Waals surface area (Å²) >= 11 is 3.36. The maximum atomic E-state index is 11.7. The molecule has 0 saturated heterocycles. The van der Waals surface area contributed by atoms with Gasteiger partial charge in [-0.15, -0.1) is 0 Å². The average molecular weight is 303 g/mol. The first kappa shape index (κ1) is 13.9. The predicted octanol–water partition coefficient (Wildman–Crippen LogP) is 2.57. The first-order valence-corrected chi connectivity index (χ1v) is 6.58. The molecule has 0 bridgehead atoms. The third kappa shape index (κ3) is 3.96. The number of hydrogen-bond donors (Lipinski definition) is 0. The zero-order valence-electron chi connectivity index (χ0n) is 9.63. The van der Waals surface area contributed by atoms with Gasteiger partial charge < -0.3 is 4.57 Å². The van der Waals surface area contributed by atoms with Crippen LogP contribution in [0.3, 0.4) is 0 Å². The van der Waals surface area contributed by atoms with Gasteiger partial charge in [0.2, 0.25) is 0 Å². The van der Waals surface area contributed by atoms with Crippen molar-refractivity contribution >= 4 is 21.6 Å². The van der Waals surface area contributed by atoms with Crippen molar-refractivity contribution in [3.8, 4) is 0 Å². The van der Waals surface area contributed by atoms with Gasteiger partial charge in [0.1, 0.15) is 0 Å². The molecule has 0 N–H and O–H groups in total. The molecule has 0 fully saturated rings. The monoisotopic (exact) mass is 302 g/mol. The molecular formula is C11H15BrN2O3. The quantitative estimate of drug-likeness (QED) is 0.461. The van der Waals surface area contributed by atoms with Crippen molar-refractivity contribution in [2.24, 2.45) is 5.92 Å². The fourth-order valence-electron chi connectivity index (χ4n) is 1.53. The molecule has 0 aliphatic heterocycles. The lowest BCUT2D eigenvalue weighted by Gasteiger charge is -2.10. The second kappa shape index (κ2) is 6.54. The van der Waals surface area contributed by atoms with Crippen molar-refractivity contribution in [1.29, 1.82) is 0 Å². The van der Waals surface area contributed by atoms with E-state index in [4.69, 9.17) is 0 Å². The van der Waals surface area contributed by atoms with Crippen LogP contribution in [-0.2, 0) is 6.54 Å². The fraction of sp³-hybridized carbons (Fsp3) is 0.545. The van der Waals surface area contributed by atoms with Gasteiger partial charge in [-0.3, -0.25) is 14.9 Å². The summed E-state index contributed by atoms with van der Waals surface area (Å²) in [5.74, 6) is 0.487. The van der Waals surface area contributed by atoms with Gasteiger partial charge in [-0.05, 0) is 24.8 Å². The van der Waals surface area contributed by atoms with Gasteiger partial charge in [0.05, 0.1) is 4.92 Å². The largest absolute Gasteiger partial charge is 0.334 e. The second-order valence-electron chi connectivity index (χ2n) is 4.02. The zero-order valence-corrected chi connectivity index (χ0v) is 11.2. The molecule has 94 valence electrons. The summed E-state index contributed by atoms with van der Waals surface area (Å²) in [6.45, 7) is 2.62. The zero-order chi connectivity index (χ0) is 12.8. The maximum absolute atomic E-state index is 11.7. The molecule has 0 saturated carbocycles. The molecule has 0 spiro atoms. The van der Waals surface area contributed by atoms with Crippen LogP contribution in [0.1, 0.15) is 19.8 Å². The lowest BCUT2D eigenvalue weighted by molar-refractivity contribution is -0.386. The van der Waals surface area contributed by atoms with E-state index in [1.165, 1.54) is 16.7 Å². The van der Waals surface area contributed by atoms with Gasteiger partial charge >= 0.3 is 11.2 Å². The SMILES string of the molecule is CC(CCBr)CCn1cccc([N+](=O)[O-])c1=O. The van der Waals surface area contributed by atoms with E-state index < -0.39 is 10.5 Å². The Bertz CT molecular complexity index is 445. The molecule has 1 aromatic rings. The molecule has 1 atom stereocenters. The van der Waals surface area contributed by atoms with E-state index in [9.17, 15) is 14.9 Å². The van der Waals surface area contributed by atoms with Gasteiger partial charge in [-0.2, -0.15) is 0 Å². The number of rotatable bonds is 6. The minimum atomic E-state index is -0.638. The van der Waals surface area contributed by atoms with E-state index in [1.54, 1.807) is 6.20 Å². The standard InChI is InChI=1S/C11H15BrN2O3/c1-9(4-6-12)5-8-13-7-2-3-10(11(13)15)14(16)17/h2-3,7,9H,4-6,8H2,1H3. The molecule has 17 heavy (non-hydrogen) atoms. The first-order chi connectivity index (χ1) is 8.06. The van der Waals surface area contributed by atoms with Crippen molar-refractivity contribution in [2.75, 3.05) is 5.33 Å². The molecule has 1 heterocycles. The highest BCUT2D eigenvalue weighted by Gasteiger charge is 2.13. The number of halogens is 1. The van der Waals surface area contributed by atoms with Crippen molar-refractivity contribution < 1.29 is 4.92 Å². The van der Waals surface area contributed by atoms with Gasteiger partial charge in [0.15, 0.2) is 0 Å². The van der Waals surface area contributed by atoms with E-state index in [0.29, 0.717) is 12.5 Å². The Morgan fingerprint density at radius 3 is 2.82 bits per heavy atom. The maximum Gasteiger partial charge on any atom is 0.334 e. The first-order valence-electron chi connectivity index (χ1n) is 5.46. The number of aromatic nitrogens is 1. The number of pyridine rings is 1. The summed E-state index contributed by atoms with van der Waals surface area (Å²) in [6.07, 6.45) is 3.46. The number of alkyl halides is 1. The van der Waals surface area contributed by atoms with E-state index >= 15 is 0 Å². The summed E-state index contributed by atoms with van der Waals surface area (Å²) in [6, 6.07) is 2.77. The summed E-state index contributed by atoms with van der Waals surface area (Å²) in [5.41, 5.74) is -0.885. The Balaban J connectivity index is 2.76. The van der Waals surface area contributed by atoms with Crippen LogP contribution in [0.4, 0.5) is 5.69 Å². The highest BCUT2D eigenvalue weighted by Crippen LogP contribution is 2.10. The van der Waals surface area contributed by atoms with E-state index in [-0.39, 0.29) is 5.69 Å². The van der Waals surface area contributed by atoms with Crippen LogP contribution in [0.25, 0.3) is 0 Å². The van der Waals surface area contributed by atoms with Crippen molar-refractivity contribution in [1.82, 2.24) is 4.57 Å². The Labute approximate surface area is 108 Å². The topological polar surface area (TPSA) is 65.1 Å². The molecule has 0 aliphatic carbocycles. The van der Waals surface area contributed by atoms with E-state index in [1.807, 2.05) is 0 Å². The van der Waals surface area contributed by atoms with Crippen LogP contribution < -0.4 is 5.56 Å². The highest BCUT2D eigenvalue weighted by atomic mass is 79.9. The van der Waals surface area contributed by atoms with Crippen LogP contribution in [0.5, 0.6) is 0 Å². The Morgan fingerprint density at radius 1 is 1.53 bits per heavy atom. The smallest absolute Gasteiger partial charge is 0.310 e. The predicted molar refractivity (Wildman–Crippen MR) is 69.5 cm³/mol. The summed E-state index contributed by atoms with van der Waals surface area (Å²) in [7, 11) is 0. The summed E-state index contributed by atoms with van der Waals surface area (Å²) in [4.78, 5) is 21.7. The van der Waals surface area contributed by atoms with Crippen molar-refractivity contribution in [3.05, 3.63) is 38.8 Å². The third-order valence-corrected chi connectivity index (χ3v) is 3.12. The van der Waals surface area contributed by atoms with Crippen LogP contribution in [0.2, 0.25) is 0 Å². The minimum Gasteiger partial charge on any atom is -0.310 e. The molecule has 1 aromatic heterocycles. The van der Waals surface area contributed by atoms with Gasteiger partial charge in [0.25, 0.3) is 0 Å². The molecule has 1 rings (SSSR count). The summed E-state index contributed by atoms with van der Waals surface area (Å²) in [5, 5.41) is 11.5. The Kier molecular flexibility index (Phi) is 5.34. The third-order valence-electron chi connectivity index (χ3n) is 2.66. The highest BCUT2D eigenvalue weighted by molar-refractivity contribution is 9.09. The number of nitrogens with zero attached hydrogens (tertiary/aromatic N) is 2. The van der Waals surface area contributed by atoms with Gasteiger partial charge in [-0.1, -0.05) is 22.9 Å². The average Bonchev–Trinajstić information content (AvgIpc) is 2.27. The Hall–Kier alpha value is -1.17. The van der Waals surface area contributed by atoms with Crippen LogP contribution in [-0.4, -0.2) is 14.8 Å². The number of nitro groups is 1. The Morgan fingerprint density at radius 2 is 2.24 bits per heavy atom. The second-order valence-corrected chi connectivity index (χ2v) is 4.81. The van der Waals surface area contributed by atoms with Crippen molar-refractivity contribution in [2.45, 2.75) is 26.3 Å². The normalized spacial score (nSPS) is 12.4. The van der Waals surface area contributed by atoms with Crippen LogP contribution in [0.15, 0.2) is 23.1 Å². The molecule has 0 aliphatic rings. The van der Waals surface area contributed by atoms with Gasteiger partial charge in [-0.25, -0.2) is 0 Å². The molecule has 0 amide bonds. The summed E-state index contributed by atoms with van der Waals surface area (Å²) < 4.78 is 1.41. The number of hydrogen-bond acceptors (Lipinski definition) is 3. The lowest BCUT2D eigenvalue weighted by Crippen LogP contribution is -2.22. The molecular weight excluding hydrogens is 288 g/mol. The van der Waals surface area contributed by atoms with Gasteiger partial charge in [0, 0.05) is 24.1 Å². The fourth-order valence-corrected chi connectivity index (χ4v) is 2.31. The molecule has 6 heteroatoms. The molecule has 0 radical (unpaired) electrons. The van der Waals surface area contributed by atoms with Crippen LogP contribution in [0, 0.1) is 16.0 Å². The van der Waals surface area contributed by atoms with Crippen molar-refractivity contribution in [3.63, 3.8) is 0 Å². The molecule has 0 aromatic carbocycles. The minimum absolute atomic E-state index is 0.361. The van der Waals surface area contributed by atoms with E-state index in [0.717, 1.165) is 18.2 Å². The van der Waals surface area contributed by atoms with Crippen LogP contribution >= 0.6 is 15.9 Å². The number of aryl methyl sites for hydroxylation is 1. The molecule has 1 unspecified atom stereocenters. The lowest BCUT2D eigenvalue weighted by atomic mass is 10.1. The van der Waals surface area contributed by atoms with E-state index in [2.05, 4.69) is 22.9 Å².